The van der Waals surface area contributed by atoms with Gasteiger partial charge in [-0.1, -0.05) is 13.8 Å². The van der Waals surface area contributed by atoms with Gasteiger partial charge in [-0.05, 0) is 41.9 Å². The molecular formula is C11H18BrNS. The SMILES string of the molecule is CCC(C)N(CC)Cc1cc(Br)cs1. The van der Waals surface area contributed by atoms with Crippen molar-refractivity contribution in [1.82, 2.24) is 4.90 Å². The maximum Gasteiger partial charge on any atom is 0.0331 e. The lowest BCUT2D eigenvalue weighted by Gasteiger charge is -2.26. The van der Waals surface area contributed by atoms with Crippen molar-refractivity contribution >= 4 is 27.3 Å². The van der Waals surface area contributed by atoms with Crippen LogP contribution in [0.1, 0.15) is 32.1 Å². The quantitative estimate of drug-likeness (QED) is 0.781. The molecule has 0 saturated heterocycles. The summed E-state index contributed by atoms with van der Waals surface area (Å²) in [6.45, 7) is 8.99. The molecule has 0 spiro atoms. The summed E-state index contributed by atoms with van der Waals surface area (Å²) in [5.41, 5.74) is 0. The summed E-state index contributed by atoms with van der Waals surface area (Å²) in [5.74, 6) is 0. The lowest BCUT2D eigenvalue weighted by atomic mass is 10.2. The van der Waals surface area contributed by atoms with Crippen LogP contribution < -0.4 is 0 Å². The molecule has 0 amide bonds. The monoisotopic (exact) mass is 275 g/mol. The lowest BCUT2D eigenvalue weighted by molar-refractivity contribution is 0.208. The predicted octanol–water partition coefficient (Wildman–Crippen LogP) is 4.13. The first-order valence-corrected chi connectivity index (χ1v) is 6.81. The van der Waals surface area contributed by atoms with Gasteiger partial charge in [0.25, 0.3) is 0 Å². The van der Waals surface area contributed by atoms with E-state index < -0.39 is 0 Å². The van der Waals surface area contributed by atoms with Crippen LogP contribution in [0.5, 0.6) is 0 Å². The van der Waals surface area contributed by atoms with Crippen LogP contribution in [-0.2, 0) is 6.54 Å². The van der Waals surface area contributed by atoms with Gasteiger partial charge in [0.05, 0.1) is 0 Å². The normalized spacial score (nSPS) is 13.5. The minimum absolute atomic E-state index is 0.681. The summed E-state index contributed by atoms with van der Waals surface area (Å²) in [7, 11) is 0. The van der Waals surface area contributed by atoms with E-state index >= 15 is 0 Å². The summed E-state index contributed by atoms with van der Waals surface area (Å²) in [6.07, 6.45) is 1.22. The number of hydrogen-bond acceptors (Lipinski definition) is 2. The number of hydrogen-bond donors (Lipinski definition) is 0. The molecule has 0 aliphatic heterocycles. The van der Waals surface area contributed by atoms with Crippen molar-refractivity contribution in [3.05, 3.63) is 20.8 Å². The Kier molecular flexibility index (Phi) is 5.13. The zero-order valence-corrected chi connectivity index (χ0v) is 11.5. The Morgan fingerprint density at radius 1 is 1.50 bits per heavy atom. The van der Waals surface area contributed by atoms with Crippen LogP contribution in [0.2, 0.25) is 0 Å². The Morgan fingerprint density at radius 2 is 2.21 bits per heavy atom. The Bertz CT molecular complexity index is 272. The largest absolute Gasteiger partial charge is 0.296 e. The first-order chi connectivity index (χ1) is 6.67. The van der Waals surface area contributed by atoms with Gasteiger partial charge in [-0.15, -0.1) is 11.3 Å². The number of thiophene rings is 1. The van der Waals surface area contributed by atoms with Crippen LogP contribution in [0.3, 0.4) is 0 Å². The second-order valence-corrected chi connectivity index (χ2v) is 5.46. The fourth-order valence-electron chi connectivity index (χ4n) is 1.47. The first-order valence-electron chi connectivity index (χ1n) is 5.14. The molecule has 0 bridgehead atoms. The minimum Gasteiger partial charge on any atom is -0.296 e. The molecule has 0 saturated carbocycles. The van der Waals surface area contributed by atoms with Crippen LogP contribution in [0.4, 0.5) is 0 Å². The number of rotatable bonds is 5. The molecular weight excluding hydrogens is 258 g/mol. The summed E-state index contributed by atoms with van der Waals surface area (Å²) in [5, 5.41) is 2.15. The summed E-state index contributed by atoms with van der Waals surface area (Å²) < 4.78 is 1.21. The Balaban J connectivity index is 2.56. The van der Waals surface area contributed by atoms with Gasteiger partial charge in [0, 0.05) is 27.3 Å². The molecule has 1 heterocycles. The van der Waals surface area contributed by atoms with Gasteiger partial charge < -0.3 is 0 Å². The molecule has 3 heteroatoms. The zero-order chi connectivity index (χ0) is 10.6. The predicted molar refractivity (Wildman–Crippen MR) is 67.9 cm³/mol. The molecule has 1 nitrogen and oxygen atoms in total. The third kappa shape index (κ3) is 3.37. The van der Waals surface area contributed by atoms with Gasteiger partial charge in [-0.25, -0.2) is 0 Å². The maximum atomic E-state index is 3.49. The molecule has 1 aromatic rings. The number of nitrogens with zero attached hydrogens (tertiary/aromatic N) is 1. The standard InChI is InChI=1S/C11H18BrNS/c1-4-9(3)13(5-2)7-11-6-10(12)8-14-11/h6,8-9H,4-5,7H2,1-3H3. The van der Waals surface area contributed by atoms with Crippen molar-refractivity contribution < 1.29 is 0 Å². The van der Waals surface area contributed by atoms with Gasteiger partial charge in [0.15, 0.2) is 0 Å². The van der Waals surface area contributed by atoms with Gasteiger partial charge in [-0.2, -0.15) is 0 Å². The van der Waals surface area contributed by atoms with E-state index in [1.165, 1.54) is 15.8 Å². The van der Waals surface area contributed by atoms with Gasteiger partial charge >= 0.3 is 0 Å². The fraction of sp³-hybridized carbons (Fsp3) is 0.636. The van der Waals surface area contributed by atoms with E-state index in [2.05, 4.69) is 53.0 Å². The minimum atomic E-state index is 0.681. The molecule has 0 radical (unpaired) electrons. The van der Waals surface area contributed by atoms with E-state index in [1.54, 1.807) is 0 Å². The van der Waals surface area contributed by atoms with Crippen LogP contribution in [-0.4, -0.2) is 17.5 Å². The maximum absolute atomic E-state index is 3.49. The average Bonchev–Trinajstić information content (AvgIpc) is 2.59. The van der Waals surface area contributed by atoms with Crippen molar-refractivity contribution in [1.29, 1.82) is 0 Å². The summed E-state index contributed by atoms with van der Waals surface area (Å²) >= 11 is 5.32. The molecule has 1 atom stereocenters. The van der Waals surface area contributed by atoms with E-state index in [0.717, 1.165) is 13.1 Å². The van der Waals surface area contributed by atoms with Crippen molar-refractivity contribution in [2.45, 2.75) is 39.8 Å². The third-order valence-corrected chi connectivity index (χ3v) is 4.28. The molecule has 0 N–H and O–H groups in total. The molecule has 80 valence electrons. The van der Waals surface area contributed by atoms with Crippen molar-refractivity contribution in [2.24, 2.45) is 0 Å². The van der Waals surface area contributed by atoms with E-state index in [1.807, 2.05) is 11.3 Å². The van der Waals surface area contributed by atoms with Crippen LogP contribution in [0.25, 0.3) is 0 Å². The van der Waals surface area contributed by atoms with Gasteiger partial charge in [0.1, 0.15) is 0 Å². The summed E-state index contributed by atoms with van der Waals surface area (Å²) in [6, 6.07) is 2.90. The molecule has 1 unspecified atom stereocenters. The lowest BCUT2D eigenvalue weighted by Crippen LogP contribution is -2.31. The molecule has 14 heavy (non-hydrogen) atoms. The highest BCUT2D eigenvalue weighted by Gasteiger charge is 2.11. The van der Waals surface area contributed by atoms with Gasteiger partial charge in [-0.3, -0.25) is 4.90 Å². The molecule has 0 aliphatic rings. The molecule has 1 rings (SSSR count). The molecule has 0 aromatic carbocycles. The smallest absolute Gasteiger partial charge is 0.0331 e. The molecule has 1 aromatic heterocycles. The van der Waals surface area contributed by atoms with Crippen LogP contribution in [0, 0.1) is 0 Å². The second kappa shape index (κ2) is 5.89. The van der Waals surface area contributed by atoms with Gasteiger partial charge in [0.2, 0.25) is 0 Å². The highest BCUT2D eigenvalue weighted by molar-refractivity contribution is 9.10. The third-order valence-electron chi connectivity index (χ3n) is 2.60. The van der Waals surface area contributed by atoms with E-state index in [0.29, 0.717) is 6.04 Å². The highest BCUT2D eigenvalue weighted by atomic mass is 79.9. The zero-order valence-electron chi connectivity index (χ0n) is 9.09. The van der Waals surface area contributed by atoms with Crippen molar-refractivity contribution in [3.63, 3.8) is 0 Å². The van der Waals surface area contributed by atoms with E-state index in [-0.39, 0.29) is 0 Å². The van der Waals surface area contributed by atoms with E-state index in [9.17, 15) is 0 Å². The Hall–Kier alpha value is 0.140. The Morgan fingerprint density at radius 3 is 2.64 bits per heavy atom. The topological polar surface area (TPSA) is 3.24 Å². The van der Waals surface area contributed by atoms with Crippen LogP contribution in [0.15, 0.2) is 15.9 Å². The van der Waals surface area contributed by atoms with Crippen molar-refractivity contribution in [3.8, 4) is 0 Å². The highest BCUT2D eigenvalue weighted by Crippen LogP contribution is 2.22. The second-order valence-electron chi connectivity index (χ2n) is 3.55. The van der Waals surface area contributed by atoms with Crippen LogP contribution >= 0.6 is 27.3 Å². The number of halogens is 1. The fourth-order valence-corrected chi connectivity index (χ4v) is 2.95. The van der Waals surface area contributed by atoms with E-state index in [4.69, 9.17) is 0 Å². The van der Waals surface area contributed by atoms with Crippen molar-refractivity contribution in [2.75, 3.05) is 6.54 Å². The molecule has 0 fully saturated rings. The first kappa shape index (κ1) is 12.2. The summed E-state index contributed by atoms with van der Waals surface area (Å²) in [4.78, 5) is 3.96. The Labute approximate surface area is 99.3 Å². The molecule has 0 aliphatic carbocycles. The average molecular weight is 276 g/mol.